The average molecular weight is 292 g/mol. The number of hydrogen-bond donors (Lipinski definition) is 2. The Kier molecular flexibility index (Phi) is 5.55. The van der Waals surface area contributed by atoms with Crippen molar-refractivity contribution < 1.29 is 9.84 Å². The number of nitrogens with two attached hydrogens (primary N) is 1. The number of ether oxygens (including phenoxy) is 1. The first-order valence-corrected chi connectivity index (χ1v) is 7.22. The molecule has 1 aromatic carbocycles. The lowest BCUT2D eigenvalue weighted by Gasteiger charge is -2.16. The van der Waals surface area contributed by atoms with Crippen molar-refractivity contribution in [3.05, 3.63) is 24.0 Å². The normalized spacial score (nSPS) is 11.5. The number of methoxy groups -OCH3 is 1. The van der Waals surface area contributed by atoms with Crippen LogP contribution >= 0.6 is 0 Å². The summed E-state index contributed by atoms with van der Waals surface area (Å²) in [5, 5.41) is 9.03. The van der Waals surface area contributed by atoms with E-state index in [0.29, 0.717) is 19.6 Å². The summed E-state index contributed by atoms with van der Waals surface area (Å²) in [4.78, 5) is 6.77. The number of aliphatic hydroxyl groups is 1. The number of rotatable bonds is 8. The van der Waals surface area contributed by atoms with Crippen LogP contribution < -0.4 is 10.5 Å². The molecule has 0 atom stereocenters. The number of hydrogen-bond acceptors (Lipinski definition) is 5. The van der Waals surface area contributed by atoms with Crippen LogP contribution in [0.1, 0.15) is 12.2 Å². The molecule has 116 valence electrons. The van der Waals surface area contributed by atoms with Crippen LogP contribution in [0.15, 0.2) is 18.2 Å². The molecule has 2 rings (SSSR count). The minimum absolute atomic E-state index is 0.146. The lowest BCUT2D eigenvalue weighted by atomic mass is 10.3. The van der Waals surface area contributed by atoms with E-state index >= 15 is 0 Å². The van der Waals surface area contributed by atoms with Gasteiger partial charge in [0.25, 0.3) is 0 Å². The second-order valence-corrected chi connectivity index (χ2v) is 5.14. The number of fused-ring (bicyclic) bond motifs is 1. The van der Waals surface area contributed by atoms with E-state index in [1.807, 2.05) is 25.2 Å². The largest absolute Gasteiger partial charge is 0.497 e. The molecule has 21 heavy (non-hydrogen) atoms. The summed E-state index contributed by atoms with van der Waals surface area (Å²) in [5.41, 5.74) is 7.66. The van der Waals surface area contributed by atoms with E-state index in [4.69, 9.17) is 20.6 Å². The van der Waals surface area contributed by atoms with E-state index in [1.54, 1.807) is 7.11 Å². The third-order valence-electron chi connectivity index (χ3n) is 3.51. The van der Waals surface area contributed by atoms with Crippen LogP contribution in [0.3, 0.4) is 0 Å². The number of aromatic nitrogens is 2. The number of benzene rings is 1. The topological polar surface area (TPSA) is 76.5 Å². The van der Waals surface area contributed by atoms with Gasteiger partial charge in [0.2, 0.25) is 0 Å². The Balaban J connectivity index is 2.36. The van der Waals surface area contributed by atoms with Crippen LogP contribution in [0.5, 0.6) is 5.75 Å². The van der Waals surface area contributed by atoms with Crippen molar-refractivity contribution in [1.29, 1.82) is 0 Å². The first-order valence-electron chi connectivity index (χ1n) is 7.22. The zero-order valence-electron chi connectivity index (χ0n) is 12.7. The van der Waals surface area contributed by atoms with Crippen LogP contribution in [0.2, 0.25) is 0 Å². The van der Waals surface area contributed by atoms with Gasteiger partial charge in [0.1, 0.15) is 11.6 Å². The number of aryl methyl sites for hydroxylation is 1. The third kappa shape index (κ3) is 3.72. The molecule has 0 fully saturated rings. The third-order valence-corrected chi connectivity index (χ3v) is 3.51. The van der Waals surface area contributed by atoms with Crippen LogP contribution in [-0.2, 0) is 13.1 Å². The molecule has 6 nitrogen and oxygen atoms in total. The minimum Gasteiger partial charge on any atom is -0.497 e. The molecular weight excluding hydrogens is 268 g/mol. The first-order chi connectivity index (χ1) is 10.2. The highest BCUT2D eigenvalue weighted by Crippen LogP contribution is 2.22. The molecule has 0 saturated heterocycles. The second-order valence-electron chi connectivity index (χ2n) is 5.14. The summed E-state index contributed by atoms with van der Waals surface area (Å²) in [7, 11) is 3.63. The lowest BCUT2D eigenvalue weighted by Crippen LogP contribution is -2.24. The number of imidazole rings is 1. The summed E-state index contributed by atoms with van der Waals surface area (Å²) in [6.45, 7) is 2.97. The van der Waals surface area contributed by atoms with E-state index in [9.17, 15) is 0 Å². The van der Waals surface area contributed by atoms with Gasteiger partial charge in [-0.05, 0) is 32.1 Å². The second kappa shape index (κ2) is 7.40. The van der Waals surface area contributed by atoms with E-state index in [-0.39, 0.29) is 6.61 Å². The fourth-order valence-corrected chi connectivity index (χ4v) is 2.40. The van der Waals surface area contributed by atoms with E-state index in [1.165, 1.54) is 0 Å². The smallest absolute Gasteiger partial charge is 0.124 e. The SMILES string of the molecule is COc1ccc2c(c1)nc(CN(C)CCO)n2CCCN. The van der Waals surface area contributed by atoms with Gasteiger partial charge in [-0.25, -0.2) is 4.98 Å². The molecule has 0 bridgehead atoms. The van der Waals surface area contributed by atoms with E-state index in [0.717, 1.165) is 35.6 Å². The van der Waals surface area contributed by atoms with Crippen molar-refractivity contribution in [3.63, 3.8) is 0 Å². The fraction of sp³-hybridized carbons (Fsp3) is 0.533. The lowest BCUT2D eigenvalue weighted by molar-refractivity contribution is 0.213. The predicted molar refractivity (Wildman–Crippen MR) is 83.4 cm³/mol. The van der Waals surface area contributed by atoms with Gasteiger partial charge in [-0.15, -0.1) is 0 Å². The van der Waals surface area contributed by atoms with Crippen molar-refractivity contribution in [3.8, 4) is 5.75 Å². The first kappa shape index (κ1) is 15.8. The molecule has 1 heterocycles. The van der Waals surface area contributed by atoms with Crippen molar-refractivity contribution in [1.82, 2.24) is 14.5 Å². The molecule has 0 aliphatic rings. The van der Waals surface area contributed by atoms with Crippen molar-refractivity contribution in [2.75, 3.05) is 33.9 Å². The van der Waals surface area contributed by atoms with Gasteiger partial charge in [-0.3, -0.25) is 4.90 Å². The maximum Gasteiger partial charge on any atom is 0.124 e. The van der Waals surface area contributed by atoms with E-state index < -0.39 is 0 Å². The Morgan fingerprint density at radius 3 is 2.90 bits per heavy atom. The van der Waals surface area contributed by atoms with E-state index in [2.05, 4.69) is 9.47 Å². The predicted octanol–water partition coefficient (Wildman–Crippen LogP) is 0.818. The number of aliphatic hydroxyl groups excluding tert-OH is 1. The Hall–Kier alpha value is -1.63. The Morgan fingerprint density at radius 1 is 1.43 bits per heavy atom. The Bertz CT molecular complexity index is 582. The van der Waals surface area contributed by atoms with Crippen molar-refractivity contribution >= 4 is 11.0 Å². The molecule has 6 heteroatoms. The summed E-state index contributed by atoms with van der Waals surface area (Å²) in [5.74, 6) is 1.80. The maximum absolute atomic E-state index is 9.03. The van der Waals surface area contributed by atoms with Gasteiger partial charge in [-0.2, -0.15) is 0 Å². The number of nitrogens with zero attached hydrogens (tertiary/aromatic N) is 3. The Labute approximate surface area is 125 Å². The Morgan fingerprint density at radius 2 is 2.24 bits per heavy atom. The van der Waals surface area contributed by atoms with Gasteiger partial charge in [0.05, 0.1) is 31.3 Å². The molecule has 0 unspecified atom stereocenters. The zero-order chi connectivity index (χ0) is 15.2. The minimum atomic E-state index is 0.146. The molecule has 0 aliphatic heterocycles. The standard InChI is InChI=1S/C15H24N4O2/c1-18(8-9-20)11-15-17-13-10-12(21-2)4-5-14(13)19(15)7-3-6-16/h4-5,10,20H,3,6-9,11,16H2,1-2H3. The molecule has 0 saturated carbocycles. The van der Waals surface area contributed by atoms with Gasteiger partial charge >= 0.3 is 0 Å². The van der Waals surface area contributed by atoms with Crippen molar-refractivity contribution in [2.45, 2.75) is 19.5 Å². The molecule has 0 aliphatic carbocycles. The average Bonchev–Trinajstić information content (AvgIpc) is 2.81. The van der Waals surface area contributed by atoms with Gasteiger partial charge < -0.3 is 20.1 Å². The molecular formula is C15H24N4O2. The summed E-state index contributed by atoms with van der Waals surface area (Å²) < 4.78 is 7.46. The zero-order valence-corrected chi connectivity index (χ0v) is 12.7. The number of likely N-dealkylation sites (N-methyl/N-ethyl adjacent to an activating group) is 1. The molecule has 2 aromatic rings. The maximum atomic E-state index is 9.03. The highest BCUT2D eigenvalue weighted by molar-refractivity contribution is 5.77. The molecule has 1 aromatic heterocycles. The van der Waals surface area contributed by atoms with Crippen LogP contribution in [0.25, 0.3) is 11.0 Å². The summed E-state index contributed by atoms with van der Waals surface area (Å²) >= 11 is 0. The molecule has 0 spiro atoms. The van der Waals surface area contributed by atoms with Crippen LogP contribution in [0, 0.1) is 0 Å². The van der Waals surface area contributed by atoms with Crippen molar-refractivity contribution in [2.24, 2.45) is 5.73 Å². The quantitative estimate of drug-likeness (QED) is 0.753. The van der Waals surface area contributed by atoms with Crippen LogP contribution in [-0.4, -0.2) is 53.4 Å². The summed E-state index contributed by atoms with van der Waals surface area (Å²) in [6.07, 6.45) is 0.911. The van der Waals surface area contributed by atoms with Gasteiger partial charge in [-0.1, -0.05) is 0 Å². The highest BCUT2D eigenvalue weighted by Gasteiger charge is 2.13. The highest BCUT2D eigenvalue weighted by atomic mass is 16.5. The van der Waals surface area contributed by atoms with Gasteiger partial charge in [0, 0.05) is 19.2 Å². The van der Waals surface area contributed by atoms with Crippen LogP contribution in [0.4, 0.5) is 0 Å². The molecule has 0 amide bonds. The molecule has 0 radical (unpaired) electrons. The molecule has 3 N–H and O–H groups in total. The monoisotopic (exact) mass is 292 g/mol. The summed E-state index contributed by atoms with van der Waals surface area (Å²) in [6, 6.07) is 5.93. The fourth-order valence-electron chi connectivity index (χ4n) is 2.40. The van der Waals surface area contributed by atoms with Gasteiger partial charge in [0.15, 0.2) is 0 Å².